The summed E-state index contributed by atoms with van der Waals surface area (Å²) < 4.78 is 40.3. The summed E-state index contributed by atoms with van der Waals surface area (Å²) in [7, 11) is 0. The lowest BCUT2D eigenvalue weighted by molar-refractivity contribution is -0.137. The molecule has 0 radical (unpaired) electrons. The number of amides is 2. The van der Waals surface area contributed by atoms with E-state index >= 15 is 0 Å². The predicted molar refractivity (Wildman–Crippen MR) is 122 cm³/mol. The normalized spacial score (nSPS) is 17.4. The van der Waals surface area contributed by atoms with Gasteiger partial charge >= 0.3 is 12.2 Å². The number of nitrogens with zero attached hydrogens (tertiary/aromatic N) is 3. The first-order chi connectivity index (χ1) is 16.2. The van der Waals surface area contributed by atoms with Gasteiger partial charge in [-0.05, 0) is 62.7 Å². The largest absolute Gasteiger partial charge is 0.416 e. The van der Waals surface area contributed by atoms with Crippen molar-refractivity contribution in [3.8, 4) is 11.8 Å². The number of hydrogen-bond acceptors (Lipinski definition) is 3. The number of halogens is 3. The molecule has 1 aliphatic rings. The van der Waals surface area contributed by atoms with Crippen molar-refractivity contribution in [2.24, 2.45) is 0 Å². The van der Waals surface area contributed by atoms with Crippen molar-refractivity contribution >= 4 is 11.7 Å². The number of nitrogens with one attached hydrogen (secondary N) is 2. The number of aryl methyl sites for hydroxylation is 1. The second-order valence-corrected chi connectivity index (χ2v) is 8.17. The third-order valence-electron chi connectivity index (χ3n) is 5.81. The molecule has 0 saturated carbocycles. The zero-order valence-corrected chi connectivity index (χ0v) is 18.5. The molecule has 2 atom stereocenters. The predicted octanol–water partition coefficient (Wildman–Crippen LogP) is 5.61. The van der Waals surface area contributed by atoms with Crippen LogP contribution in [-0.2, 0) is 6.18 Å². The Morgan fingerprint density at radius 3 is 2.56 bits per heavy atom. The molecule has 9 heteroatoms. The summed E-state index contributed by atoms with van der Waals surface area (Å²) in [5.41, 5.74) is 3.44. The fourth-order valence-electron chi connectivity index (χ4n) is 4.26. The first-order valence-corrected chi connectivity index (χ1v) is 10.7. The zero-order chi connectivity index (χ0) is 24.5. The Kier molecular flexibility index (Phi) is 6.16. The van der Waals surface area contributed by atoms with Gasteiger partial charge < -0.3 is 10.6 Å². The number of alkyl halides is 3. The number of carbonyl (C=O) groups excluding carboxylic acids is 1. The van der Waals surface area contributed by atoms with Gasteiger partial charge in [0.2, 0.25) is 0 Å². The summed E-state index contributed by atoms with van der Waals surface area (Å²) >= 11 is 0. The van der Waals surface area contributed by atoms with E-state index in [4.69, 9.17) is 5.26 Å². The summed E-state index contributed by atoms with van der Waals surface area (Å²) in [6.45, 7) is 3.75. The number of nitriles is 1. The molecular formula is C25H22F3N5O. The molecule has 0 aliphatic heterocycles. The Labute approximate surface area is 194 Å². The monoisotopic (exact) mass is 465 g/mol. The third-order valence-corrected chi connectivity index (χ3v) is 5.81. The molecule has 3 aromatic rings. The van der Waals surface area contributed by atoms with Gasteiger partial charge in [0.15, 0.2) is 0 Å². The van der Waals surface area contributed by atoms with Crippen LogP contribution in [0, 0.1) is 25.2 Å². The van der Waals surface area contributed by atoms with Crippen LogP contribution in [0.4, 0.5) is 23.7 Å². The van der Waals surface area contributed by atoms with Crippen LogP contribution in [0.3, 0.4) is 0 Å². The van der Waals surface area contributed by atoms with E-state index in [2.05, 4.69) is 15.7 Å². The van der Waals surface area contributed by atoms with Gasteiger partial charge in [-0.15, -0.1) is 0 Å². The minimum absolute atomic E-state index is 0.00964. The first-order valence-electron chi connectivity index (χ1n) is 10.7. The number of hydrogen-bond donors (Lipinski definition) is 2. The standard InChI is InChI=1S/C25H22F3N5O/c1-15-23(16(2)33(32-15)22-10-7-19(8-11-22)25(26,27)28)18-6-9-21(13-18)31-24(34)30-20-5-3-4-17(12-20)14-29/h3-12,18,21H,13H2,1-2H3,(H2,30,31,34)/t18-,21-/m1/s1. The Balaban J connectivity index is 1.44. The average molecular weight is 465 g/mol. The van der Waals surface area contributed by atoms with Crippen molar-refractivity contribution in [3.63, 3.8) is 0 Å². The number of rotatable bonds is 4. The maximum atomic E-state index is 12.9. The lowest BCUT2D eigenvalue weighted by Gasteiger charge is -2.15. The van der Waals surface area contributed by atoms with Gasteiger partial charge in [0.05, 0.1) is 28.6 Å². The topological polar surface area (TPSA) is 82.7 Å². The molecule has 34 heavy (non-hydrogen) atoms. The van der Waals surface area contributed by atoms with Crippen molar-refractivity contribution in [1.29, 1.82) is 5.26 Å². The van der Waals surface area contributed by atoms with Crippen LogP contribution in [0.2, 0.25) is 0 Å². The van der Waals surface area contributed by atoms with E-state index in [0.717, 1.165) is 29.1 Å². The average Bonchev–Trinajstić information content (AvgIpc) is 3.36. The van der Waals surface area contributed by atoms with Crippen LogP contribution >= 0.6 is 0 Å². The summed E-state index contributed by atoms with van der Waals surface area (Å²) in [5, 5.41) is 19.2. The first kappa shape index (κ1) is 23.1. The molecule has 1 aromatic heterocycles. The van der Waals surface area contributed by atoms with Gasteiger partial charge in [0, 0.05) is 28.9 Å². The molecule has 0 saturated heterocycles. The van der Waals surface area contributed by atoms with Gasteiger partial charge in [-0.1, -0.05) is 18.2 Å². The van der Waals surface area contributed by atoms with Crippen LogP contribution in [0.5, 0.6) is 0 Å². The lowest BCUT2D eigenvalue weighted by atomic mass is 9.96. The molecule has 174 valence electrons. The van der Waals surface area contributed by atoms with E-state index in [9.17, 15) is 18.0 Å². The second-order valence-electron chi connectivity index (χ2n) is 8.17. The number of aromatic nitrogens is 2. The maximum Gasteiger partial charge on any atom is 0.416 e. The van der Waals surface area contributed by atoms with Gasteiger partial charge in [-0.2, -0.15) is 23.5 Å². The minimum atomic E-state index is -4.39. The molecule has 0 bridgehead atoms. The minimum Gasteiger partial charge on any atom is -0.332 e. The summed E-state index contributed by atoms with van der Waals surface area (Å²) in [6.07, 6.45) is 0.173. The van der Waals surface area contributed by atoms with Crippen LogP contribution in [0.1, 0.15) is 40.4 Å². The van der Waals surface area contributed by atoms with Crippen molar-refractivity contribution in [1.82, 2.24) is 15.1 Å². The fourth-order valence-corrected chi connectivity index (χ4v) is 4.26. The van der Waals surface area contributed by atoms with Crippen LogP contribution in [0.15, 0.2) is 60.7 Å². The van der Waals surface area contributed by atoms with Crippen molar-refractivity contribution in [3.05, 3.63) is 88.8 Å². The second kappa shape index (κ2) is 9.06. The zero-order valence-electron chi connectivity index (χ0n) is 18.5. The number of benzene rings is 2. The van der Waals surface area contributed by atoms with Gasteiger partial charge in [0.1, 0.15) is 0 Å². The molecule has 0 unspecified atom stereocenters. The Hall–Kier alpha value is -4.06. The van der Waals surface area contributed by atoms with E-state index in [1.807, 2.05) is 32.1 Å². The highest BCUT2D eigenvalue weighted by atomic mass is 19.4. The number of anilines is 1. The molecule has 2 aromatic carbocycles. The van der Waals surface area contributed by atoms with Crippen LogP contribution in [-0.4, -0.2) is 21.9 Å². The fraction of sp³-hybridized carbons (Fsp3) is 0.240. The Morgan fingerprint density at radius 1 is 1.15 bits per heavy atom. The summed E-state index contributed by atoms with van der Waals surface area (Å²) in [6, 6.07) is 13.0. The molecular weight excluding hydrogens is 443 g/mol. The van der Waals surface area contributed by atoms with Gasteiger partial charge in [0.25, 0.3) is 0 Å². The van der Waals surface area contributed by atoms with Gasteiger partial charge in [-0.3, -0.25) is 0 Å². The maximum absolute atomic E-state index is 12.9. The van der Waals surface area contributed by atoms with E-state index in [1.165, 1.54) is 12.1 Å². The summed E-state index contributed by atoms with van der Waals surface area (Å²) in [5.74, 6) is 0.00964. The number of urea groups is 1. The Bertz CT molecular complexity index is 1290. The lowest BCUT2D eigenvalue weighted by Crippen LogP contribution is -2.36. The molecule has 2 N–H and O–H groups in total. The van der Waals surface area contributed by atoms with E-state index in [-0.39, 0.29) is 18.0 Å². The summed E-state index contributed by atoms with van der Waals surface area (Å²) in [4.78, 5) is 12.4. The highest BCUT2D eigenvalue weighted by Crippen LogP contribution is 2.35. The molecule has 0 spiro atoms. The van der Waals surface area contributed by atoms with E-state index < -0.39 is 11.7 Å². The quantitative estimate of drug-likeness (QED) is 0.491. The van der Waals surface area contributed by atoms with Crippen LogP contribution in [0.25, 0.3) is 5.69 Å². The number of allylic oxidation sites excluding steroid dienone is 1. The van der Waals surface area contributed by atoms with Gasteiger partial charge in [-0.25, -0.2) is 9.48 Å². The SMILES string of the molecule is Cc1nn(-c2ccc(C(F)(F)F)cc2)c(C)c1[C@@H]1C=C[C@@H](NC(=O)Nc2cccc(C#N)c2)C1. The van der Waals surface area contributed by atoms with Crippen LogP contribution < -0.4 is 10.6 Å². The highest BCUT2D eigenvalue weighted by Gasteiger charge is 2.31. The molecule has 1 aliphatic carbocycles. The van der Waals surface area contributed by atoms with Crippen molar-refractivity contribution in [2.45, 2.75) is 38.4 Å². The number of carbonyl (C=O) groups is 1. The van der Waals surface area contributed by atoms with Crippen molar-refractivity contribution < 1.29 is 18.0 Å². The third kappa shape index (κ3) is 4.81. The molecule has 1 heterocycles. The molecule has 0 fully saturated rings. The smallest absolute Gasteiger partial charge is 0.332 e. The van der Waals surface area contributed by atoms with Crippen molar-refractivity contribution in [2.75, 3.05) is 5.32 Å². The Morgan fingerprint density at radius 2 is 1.88 bits per heavy atom. The van der Waals surface area contributed by atoms with E-state index in [0.29, 0.717) is 23.4 Å². The molecule has 4 rings (SSSR count). The van der Waals surface area contributed by atoms with E-state index in [1.54, 1.807) is 28.9 Å². The highest BCUT2D eigenvalue weighted by molar-refractivity contribution is 5.89. The molecule has 2 amide bonds. The molecule has 6 nitrogen and oxygen atoms in total.